The van der Waals surface area contributed by atoms with Crippen LogP contribution in [0, 0.1) is 12.7 Å². The molecule has 1 aliphatic rings. The van der Waals surface area contributed by atoms with Crippen LogP contribution in [0.5, 0.6) is 0 Å². The summed E-state index contributed by atoms with van der Waals surface area (Å²) < 4.78 is 19.0. The first-order valence-corrected chi connectivity index (χ1v) is 8.79. The maximum atomic E-state index is 13.6. The molecule has 138 valence electrons. The molecule has 27 heavy (non-hydrogen) atoms. The number of hydrogen-bond donors (Lipinski definition) is 1. The summed E-state index contributed by atoms with van der Waals surface area (Å²) in [5.41, 5.74) is 2.77. The molecule has 1 aliphatic heterocycles. The Labute approximate surface area is 156 Å². The van der Waals surface area contributed by atoms with E-state index < -0.39 is 11.7 Å². The fraction of sp³-hybridized carbons (Fsp3) is 0.250. The average Bonchev–Trinajstić information content (AvgIpc) is 2.70. The highest BCUT2D eigenvalue weighted by Gasteiger charge is 2.23. The molecule has 1 N–H and O–H groups in total. The molecule has 0 saturated carbocycles. The van der Waals surface area contributed by atoms with Gasteiger partial charge in [0.1, 0.15) is 5.82 Å². The smallest absolute Gasteiger partial charge is 0.278 e. The number of aryl methyl sites for hydroxylation is 1. The van der Waals surface area contributed by atoms with Gasteiger partial charge in [0.2, 0.25) is 0 Å². The number of fused-ring (bicyclic) bond motifs is 1. The second-order valence-corrected chi connectivity index (χ2v) is 6.40. The van der Waals surface area contributed by atoms with E-state index in [9.17, 15) is 9.18 Å². The highest BCUT2D eigenvalue weighted by atomic mass is 19.1. The molecule has 4 rings (SSSR count). The molecule has 0 atom stereocenters. The molecule has 1 fully saturated rings. The minimum atomic E-state index is -0.413. The standard InChI is InChI=1S/C20H19FN4O2/c1-13-6-7-14(21)12-17(13)24-20(26)18-19(25-8-10-27-11-9-25)23-16-5-3-2-4-15(16)22-18/h2-7,12H,8-11H2,1H3,(H,24,26). The van der Waals surface area contributed by atoms with Gasteiger partial charge < -0.3 is 15.0 Å². The Balaban J connectivity index is 1.76. The van der Waals surface area contributed by atoms with Crippen LogP contribution in [0.4, 0.5) is 15.9 Å². The normalized spacial score (nSPS) is 14.4. The number of morpholine rings is 1. The molecule has 0 aliphatic carbocycles. The van der Waals surface area contributed by atoms with E-state index in [0.717, 1.165) is 11.1 Å². The number of rotatable bonds is 3. The van der Waals surface area contributed by atoms with Gasteiger partial charge in [-0.15, -0.1) is 0 Å². The summed E-state index contributed by atoms with van der Waals surface area (Å²) in [7, 11) is 0. The number of nitrogens with one attached hydrogen (secondary N) is 1. The molecule has 1 aromatic heterocycles. The number of carbonyl (C=O) groups excluding carboxylic acids is 1. The predicted molar refractivity (Wildman–Crippen MR) is 102 cm³/mol. The third-order valence-corrected chi connectivity index (χ3v) is 4.53. The van der Waals surface area contributed by atoms with Crippen molar-refractivity contribution in [2.24, 2.45) is 0 Å². The first-order chi connectivity index (χ1) is 13.1. The third kappa shape index (κ3) is 3.59. The van der Waals surface area contributed by atoms with E-state index in [4.69, 9.17) is 4.74 Å². The van der Waals surface area contributed by atoms with Crippen molar-refractivity contribution in [2.75, 3.05) is 36.5 Å². The zero-order valence-electron chi connectivity index (χ0n) is 14.9. The number of para-hydroxylation sites is 2. The molecule has 2 heterocycles. The molecule has 6 nitrogen and oxygen atoms in total. The van der Waals surface area contributed by atoms with Crippen molar-refractivity contribution in [1.29, 1.82) is 0 Å². The van der Waals surface area contributed by atoms with Gasteiger partial charge in [0.05, 0.1) is 24.2 Å². The van der Waals surface area contributed by atoms with Gasteiger partial charge in [-0.25, -0.2) is 14.4 Å². The van der Waals surface area contributed by atoms with Gasteiger partial charge in [-0.3, -0.25) is 4.79 Å². The Morgan fingerprint density at radius 1 is 1.11 bits per heavy atom. The first kappa shape index (κ1) is 17.4. The highest BCUT2D eigenvalue weighted by molar-refractivity contribution is 6.07. The molecule has 7 heteroatoms. The minimum Gasteiger partial charge on any atom is -0.378 e. The van der Waals surface area contributed by atoms with E-state index in [1.807, 2.05) is 36.1 Å². The van der Waals surface area contributed by atoms with Crippen LogP contribution in [0.3, 0.4) is 0 Å². The van der Waals surface area contributed by atoms with E-state index in [0.29, 0.717) is 43.3 Å². The topological polar surface area (TPSA) is 67.4 Å². The zero-order valence-corrected chi connectivity index (χ0v) is 14.9. The molecule has 1 saturated heterocycles. The van der Waals surface area contributed by atoms with Crippen LogP contribution in [0.1, 0.15) is 16.1 Å². The number of hydrogen-bond acceptors (Lipinski definition) is 5. The van der Waals surface area contributed by atoms with Crippen LogP contribution < -0.4 is 10.2 Å². The number of anilines is 2. The van der Waals surface area contributed by atoms with E-state index in [-0.39, 0.29) is 5.69 Å². The Bertz CT molecular complexity index is 1000. The van der Waals surface area contributed by atoms with Gasteiger partial charge in [-0.1, -0.05) is 18.2 Å². The van der Waals surface area contributed by atoms with E-state index in [1.54, 1.807) is 6.07 Å². The molecular formula is C20H19FN4O2. The summed E-state index contributed by atoms with van der Waals surface area (Å²) in [6.45, 7) is 4.21. The molecule has 0 unspecified atom stereocenters. The Kier molecular flexibility index (Phi) is 4.68. The van der Waals surface area contributed by atoms with Crippen molar-refractivity contribution in [3.05, 3.63) is 59.5 Å². The Morgan fingerprint density at radius 2 is 1.81 bits per heavy atom. The average molecular weight is 366 g/mol. The van der Waals surface area contributed by atoms with Crippen LogP contribution in [-0.4, -0.2) is 42.2 Å². The molecule has 2 aromatic carbocycles. The maximum absolute atomic E-state index is 13.6. The van der Waals surface area contributed by atoms with Gasteiger partial charge in [-0.2, -0.15) is 0 Å². The number of amides is 1. The van der Waals surface area contributed by atoms with Crippen molar-refractivity contribution >= 4 is 28.4 Å². The summed E-state index contributed by atoms with van der Waals surface area (Å²) in [4.78, 5) is 24.2. The van der Waals surface area contributed by atoms with Crippen LogP contribution in [0.25, 0.3) is 11.0 Å². The van der Waals surface area contributed by atoms with Crippen molar-refractivity contribution in [2.45, 2.75) is 6.92 Å². The number of aromatic nitrogens is 2. The second-order valence-electron chi connectivity index (χ2n) is 6.40. The van der Waals surface area contributed by atoms with Crippen molar-refractivity contribution < 1.29 is 13.9 Å². The first-order valence-electron chi connectivity index (χ1n) is 8.79. The molecule has 3 aromatic rings. The molecular weight excluding hydrogens is 347 g/mol. The zero-order chi connectivity index (χ0) is 18.8. The minimum absolute atomic E-state index is 0.222. The van der Waals surface area contributed by atoms with Gasteiger partial charge in [0, 0.05) is 18.8 Å². The number of carbonyl (C=O) groups is 1. The SMILES string of the molecule is Cc1ccc(F)cc1NC(=O)c1nc2ccccc2nc1N1CCOCC1. The van der Waals surface area contributed by atoms with Gasteiger partial charge in [0.25, 0.3) is 5.91 Å². The van der Waals surface area contributed by atoms with Gasteiger partial charge in [0.15, 0.2) is 11.5 Å². The van der Waals surface area contributed by atoms with Crippen molar-refractivity contribution in [3.8, 4) is 0 Å². The lowest BCUT2D eigenvalue weighted by Gasteiger charge is -2.29. The number of halogens is 1. The van der Waals surface area contributed by atoms with Crippen LogP contribution in [0.2, 0.25) is 0 Å². The quantitative estimate of drug-likeness (QED) is 0.771. The summed E-state index contributed by atoms with van der Waals surface area (Å²) in [5, 5.41) is 2.77. The number of ether oxygens (including phenoxy) is 1. The monoisotopic (exact) mass is 366 g/mol. The van der Waals surface area contributed by atoms with Gasteiger partial charge in [-0.05, 0) is 36.8 Å². The van der Waals surface area contributed by atoms with Crippen LogP contribution in [-0.2, 0) is 4.74 Å². The summed E-state index contributed by atoms with van der Waals surface area (Å²) >= 11 is 0. The Morgan fingerprint density at radius 3 is 2.56 bits per heavy atom. The fourth-order valence-electron chi connectivity index (χ4n) is 3.05. The maximum Gasteiger partial charge on any atom is 0.278 e. The predicted octanol–water partition coefficient (Wildman–Crippen LogP) is 3.17. The second kappa shape index (κ2) is 7.28. The summed E-state index contributed by atoms with van der Waals surface area (Å²) in [6, 6.07) is 11.7. The lowest BCUT2D eigenvalue weighted by Crippen LogP contribution is -2.38. The molecule has 1 amide bonds. The number of nitrogens with zero attached hydrogens (tertiary/aromatic N) is 3. The highest BCUT2D eigenvalue weighted by Crippen LogP contribution is 2.24. The van der Waals surface area contributed by atoms with E-state index >= 15 is 0 Å². The summed E-state index contributed by atoms with van der Waals surface area (Å²) in [6.07, 6.45) is 0. The summed E-state index contributed by atoms with van der Waals surface area (Å²) in [5.74, 6) is -0.305. The van der Waals surface area contributed by atoms with Crippen molar-refractivity contribution in [3.63, 3.8) is 0 Å². The van der Waals surface area contributed by atoms with Gasteiger partial charge >= 0.3 is 0 Å². The van der Waals surface area contributed by atoms with Crippen LogP contribution in [0.15, 0.2) is 42.5 Å². The molecule has 0 radical (unpaired) electrons. The largest absolute Gasteiger partial charge is 0.378 e. The lowest BCUT2D eigenvalue weighted by atomic mass is 10.2. The lowest BCUT2D eigenvalue weighted by molar-refractivity contribution is 0.102. The third-order valence-electron chi connectivity index (χ3n) is 4.53. The number of benzene rings is 2. The fourth-order valence-corrected chi connectivity index (χ4v) is 3.05. The van der Waals surface area contributed by atoms with Crippen molar-refractivity contribution in [1.82, 2.24) is 9.97 Å². The van der Waals surface area contributed by atoms with E-state index in [2.05, 4.69) is 15.3 Å². The van der Waals surface area contributed by atoms with Crippen LogP contribution >= 0.6 is 0 Å². The van der Waals surface area contributed by atoms with E-state index in [1.165, 1.54) is 12.1 Å². The molecule has 0 spiro atoms. The Hall–Kier alpha value is -3.06. The molecule has 0 bridgehead atoms.